The number of nitrogens with two attached hydrogens (primary N) is 1. The van der Waals surface area contributed by atoms with Crippen LogP contribution in [0, 0.1) is 0 Å². The summed E-state index contributed by atoms with van der Waals surface area (Å²) in [6.07, 6.45) is 0. The van der Waals surface area contributed by atoms with Crippen LogP contribution in [0.25, 0.3) is 0 Å². The molecule has 0 spiro atoms. The maximum atomic E-state index is 12.3. The van der Waals surface area contributed by atoms with E-state index in [0.29, 0.717) is 36.8 Å². The van der Waals surface area contributed by atoms with Crippen molar-refractivity contribution in [3.05, 3.63) is 59.7 Å². The van der Waals surface area contributed by atoms with Gasteiger partial charge in [0.15, 0.2) is 0 Å². The summed E-state index contributed by atoms with van der Waals surface area (Å²) < 4.78 is 0. The zero-order valence-corrected chi connectivity index (χ0v) is 17.0. The first-order valence-electron chi connectivity index (χ1n) is 9.21. The largest absolute Gasteiger partial charge is 0.399 e. The highest BCUT2D eigenvalue weighted by Crippen LogP contribution is 2.23. The van der Waals surface area contributed by atoms with Crippen LogP contribution in [0.1, 0.15) is 11.1 Å². The molecule has 0 saturated carbocycles. The maximum absolute atomic E-state index is 12.3. The van der Waals surface area contributed by atoms with Crippen molar-refractivity contribution in [3.63, 3.8) is 0 Å². The fourth-order valence-electron chi connectivity index (χ4n) is 2.73. The van der Waals surface area contributed by atoms with Crippen molar-refractivity contribution in [1.82, 2.24) is 15.6 Å². The molecule has 9 heteroatoms. The number of thioether (sulfide) groups is 1. The number of anilines is 2. The molecule has 0 saturated heterocycles. The number of nitrogen functional groups attached to an aromatic ring is 1. The van der Waals surface area contributed by atoms with Crippen LogP contribution < -0.4 is 21.7 Å². The molecule has 0 aliphatic carbocycles. The van der Waals surface area contributed by atoms with Gasteiger partial charge in [-0.3, -0.25) is 4.79 Å². The standard InChI is InChI=1S/C20H24N6O2S/c1-22-9-10-23-19(27)24-17-4-2-3-14(11-17)12-26-20(28)29-13-18(25-26)15-5-7-16(21)8-6-15/h2-8,11,22H,9-10,12-13,21H2,1H3,(H2,23,24,27). The second kappa shape index (κ2) is 9.94. The van der Waals surface area contributed by atoms with Crippen molar-refractivity contribution < 1.29 is 9.59 Å². The molecule has 0 atom stereocenters. The van der Waals surface area contributed by atoms with Gasteiger partial charge >= 0.3 is 11.3 Å². The van der Waals surface area contributed by atoms with E-state index in [-0.39, 0.29) is 11.3 Å². The molecule has 1 aliphatic rings. The number of rotatable bonds is 7. The summed E-state index contributed by atoms with van der Waals surface area (Å²) in [6.45, 7) is 1.54. The Balaban J connectivity index is 1.68. The van der Waals surface area contributed by atoms with Crippen LogP contribution in [0.15, 0.2) is 53.6 Å². The fraction of sp³-hybridized carbons (Fsp3) is 0.250. The van der Waals surface area contributed by atoms with E-state index in [0.717, 1.165) is 16.8 Å². The highest BCUT2D eigenvalue weighted by molar-refractivity contribution is 8.14. The van der Waals surface area contributed by atoms with Crippen LogP contribution in [-0.4, -0.2) is 47.9 Å². The van der Waals surface area contributed by atoms with E-state index in [4.69, 9.17) is 5.73 Å². The molecule has 152 valence electrons. The van der Waals surface area contributed by atoms with Gasteiger partial charge in [-0.1, -0.05) is 36.0 Å². The lowest BCUT2D eigenvalue weighted by Gasteiger charge is -2.23. The summed E-state index contributed by atoms with van der Waals surface area (Å²) in [6, 6.07) is 14.5. The minimum absolute atomic E-state index is 0.104. The molecule has 5 N–H and O–H groups in total. The molecule has 29 heavy (non-hydrogen) atoms. The Labute approximate surface area is 173 Å². The number of carbonyl (C=O) groups is 2. The van der Waals surface area contributed by atoms with Gasteiger partial charge in [-0.05, 0) is 42.4 Å². The lowest BCUT2D eigenvalue weighted by atomic mass is 10.1. The van der Waals surface area contributed by atoms with Crippen molar-refractivity contribution in [2.45, 2.75) is 6.54 Å². The third-order valence-electron chi connectivity index (χ3n) is 4.21. The number of urea groups is 1. The summed E-state index contributed by atoms with van der Waals surface area (Å²) in [7, 11) is 1.82. The van der Waals surface area contributed by atoms with E-state index >= 15 is 0 Å². The second-order valence-electron chi connectivity index (χ2n) is 6.47. The minimum Gasteiger partial charge on any atom is -0.399 e. The minimum atomic E-state index is -0.273. The van der Waals surface area contributed by atoms with E-state index in [9.17, 15) is 9.59 Å². The number of nitrogens with zero attached hydrogens (tertiary/aromatic N) is 2. The molecule has 2 aromatic rings. The van der Waals surface area contributed by atoms with Gasteiger partial charge in [-0.2, -0.15) is 5.10 Å². The quantitative estimate of drug-likeness (QED) is 0.413. The molecule has 1 aliphatic heterocycles. The van der Waals surface area contributed by atoms with E-state index in [1.165, 1.54) is 16.8 Å². The number of amides is 3. The number of benzene rings is 2. The predicted molar refractivity (Wildman–Crippen MR) is 118 cm³/mol. The van der Waals surface area contributed by atoms with Gasteiger partial charge in [0.05, 0.1) is 12.3 Å². The van der Waals surface area contributed by atoms with Gasteiger partial charge in [-0.25, -0.2) is 9.80 Å². The average molecular weight is 413 g/mol. The van der Waals surface area contributed by atoms with Gasteiger partial charge in [-0.15, -0.1) is 0 Å². The van der Waals surface area contributed by atoms with Gasteiger partial charge in [0, 0.05) is 30.2 Å². The third-order valence-corrected chi connectivity index (χ3v) is 5.08. The Bertz CT molecular complexity index is 900. The van der Waals surface area contributed by atoms with E-state index in [1.54, 1.807) is 6.07 Å². The Morgan fingerprint density at radius 3 is 2.76 bits per heavy atom. The molecular formula is C20H24N6O2S. The number of hydrazone groups is 1. The van der Waals surface area contributed by atoms with Gasteiger partial charge in [0.25, 0.3) is 0 Å². The van der Waals surface area contributed by atoms with Crippen molar-refractivity contribution in [1.29, 1.82) is 0 Å². The van der Waals surface area contributed by atoms with Crippen molar-refractivity contribution in [2.24, 2.45) is 5.10 Å². The molecular weight excluding hydrogens is 388 g/mol. The molecule has 8 nitrogen and oxygen atoms in total. The molecule has 2 aromatic carbocycles. The van der Waals surface area contributed by atoms with Crippen molar-refractivity contribution in [2.75, 3.05) is 36.9 Å². The number of likely N-dealkylation sites (N-methyl/N-ethyl adjacent to an activating group) is 1. The predicted octanol–water partition coefficient (Wildman–Crippen LogP) is 2.68. The molecule has 1 heterocycles. The molecule has 0 radical (unpaired) electrons. The lowest BCUT2D eigenvalue weighted by Crippen LogP contribution is -2.33. The first-order valence-corrected chi connectivity index (χ1v) is 10.2. The Morgan fingerprint density at radius 1 is 1.21 bits per heavy atom. The van der Waals surface area contributed by atoms with Crippen LogP contribution in [0.5, 0.6) is 0 Å². The highest BCUT2D eigenvalue weighted by Gasteiger charge is 2.22. The summed E-state index contributed by atoms with van der Waals surface area (Å²) in [5, 5.41) is 14.4. The fourth-order valence-corrected chi connectivity index (χ4v) is 3.47. The molecule has 3 amide bonds. The van der Waals surface area contributed by atoms with E-state index < -0.39 is 0 Å². The van der Waals surface area contributed by atoms with Crippen LogP contribution in [0.3, 0.4) is 0 Å². The van der Waals surface area contributed by atoms with E-state index in [1.807, 2.05) is 49.5 Å². The lowest BCUT2D eigenvalue weighted by molar-refractivity contribution is 0.222. The number of hydrogen-bond donors (Lipinski definition) is 4. The van der Waals surface area contributed by atoms with Gasteiger partial charge in [0.2, 0.25) is 0 Å². The summed E-state index contributed by atoms with van der Waals surface area (Å²) in [5.74, 6) is 0.521. The van der Waals surface area contributed by atoms with Crippen molar-refractivity contribution >= 4 is 40.1 Å². The van der Waals surface area contributed by atoms with Crippen LogP contribution in [-0.2, 0) is 6.54 Å². The summed E-state index contributed by atoms with van der Waals surface area (Å²) in [5.41, 5.74) is 9.72. The third kappa shape index (κ3) is 5.97. The van der Waals surface area contributed by atoms with Gasteiger partial charge < -0.3 is 21.7 Å². The second-order valence-corrected chi connectivity index (χ2v) is 7.39. The maximum Gasteiger partial charge on any atom is 0.319 e. The zero-order chi connectivity index (χ0) is 20.6. The molecule has 3 rings (SSSR count). The SMILES string of the molecule is CNCCNC(=O)Nc1cccc(CN2N=C(c3ccc(N)cc3)CSC2=O)c1. The average Bonchev–Trinajstić information content (AvgIpc) is 2.71. The zero-order valence-electron chi connectivity index (χ0n) is 16.1. The monoisotopic (exact) mass is 412 g/mol. The molecule has 0 unspecified atom stereocenters. The van der Waals surface area contributed by atoms with Crippen molar-refractivity contribution in [3.8, 4) is 0 Å². The Morgan fingerprint density at radius 2 is 2.00 bits per heavy atom. The Hall–Kier alpha value is -3.04. The molecule has 0 bridgehead atoms. The Kier molecular flexibility index (Phi) is 7.09. The normalized spacial score (nSPS) is 13.8. The number of nitrogens with one attached hydrogen (secondary N) is 3. The topological polar surface area (TPSA) is 112 Å². The number of hydrogen-bond acceptors (Lipinski definition) is 6. The van der Waals surface area contributed by atoms with Gasteiger partial charge in [0.1, 0.15) is 0 Å². The smallest absolute Gasteiger partial charge is 0.319 e. The first kappa shape index (κ1) is 20.7. The van der Waals surface area contributed by atoms with Crippen LogP contribution in [0.2, 0.25) is 0 Å². The van der Waals surface area contributed by atoms with E-state index in [2.05, 4.69) is 21.1 Å². The number of carbonyl (C=O) groups excluding carboxylic acids is 2. The van der Waals surface area contributed by atoms with Crippen LogP contribution in [0.4, 0.5) is 21.0 Å². The summed E-state index contributed by atoms with van der Waals surface area (Å²) >= 11 is 1.22. The van der Waals surface area contributed by atoms with Crippen LogP contribution >= 0.6 is 11.8 Å². The molecule has 0 fully saturated rings. The highest BCUT2D eigenvalue weighted by atomic mass is 32.2. The summed E-state index contributed by atoms with van der Waals surface area (Å²) in [4.78, 5) is 24.2. The molecule has 0 aromatic heterocycles. The first-order chi connectivity index (χ1) is 14.0.